The summed E-state index contributed by atoms with van der Waals surface area (Å²) >= 11 is 6.04. The Balaban J connectivity index is 1.83. The van der Waals surface area contributed by atoms with E-state index in [1.165, 1.54) is 0 Å². The number of para-hydroxylation sites is 1. The highest BCUT2D eigenvalue weighted by Crippen LogP contribution is 2.27. The van der Waals surface area contributed by atoms with E-state index in [1.54, 1.807) is 6.33 Å². The Morgan fingerprint density at radius 2 is 2.00 bits per heavy atom. The van der Waals surface area contributed by atoms with Crippen LogP contribution in [0.15, 0.2) is 30.6 Å². The summed E-state index contributed by atoms with van der Waals surface area (Å²) in [5.74, 6) is 1.80. The van der Waals surface area contributed by atoms with Crippen molar-refractivity contribution >= 4 is 28.3 Å². The van der Waals surface area contributed by atoms with E-state index in [1.807, 2.05) is 24.3 Å². The van der Waals surface area contributed by atoms with Crippen molar-refractivity contribution in [1.82, 2.24) is 24.7 Å². The maximum atomic E-state index is 6.04. The molecule has 1 aliphatic rings. The van der Waals surface area contributed by atoms with Crippen LogP contribution < -0.4 is 4.90 Å². The van der Waals surface area contributed by atoms with Crippen LogP contribution in [-0.4, -0.2) is 31.3 Å². The molecule has 3 aromatic rings. The van der Waals surface area contributed by atoms with Gasteiger partial charge < -0.3 is 9.47 Å². The number of rotatable bonds is 1. The molecule has 1 aliphatic heterocycles. The van der Waals surface area contributed by atoms with E-state index in [0.717, 1.165) is 35.6 Å². The number of benzene rings is 1. The van der Waals surface area contributed by atoms with Gasteiger partial charge in [-0.3, -0.25) is 0 Å². The average Bonchev–Trinajstić information content (AvgIpc) is 2.93. The van der Waals surface area contributed by atoms with Gasteiger partial charge in [0.05, 0.1) is 12.1 Å². The molecule has 0 amide bonds. The first kappa shape index (κ1) is 11.6. The summed E-state index contributed by atoms with van der Waals surface area (Å²) < 4.78 is 2.06. The highest BCUT2D eigenvalue weighted by atomic mass is 35.5. The quantitative estimate of drug-likeness (QED) is 0.640. The van der Waals surface area contributed by atoms with Crippen molar-refractivity contribution in [3.8, 4) is 0 Å². The summed E-state index contributed by atoms with van der Waals surface area (Å²) in [4.78, 5) is 10.8. The van der Waals surface area contributed by atoms with Gasteiger partial charge in [0.15, 0.2) is 5.82 Å². The number of halogens is 1. The zero-order valence-electron chi connectivity index (χ0n) is 10.6. The maximum absolute atomic E-state index is 6.04. The van der Waals surface area contributed by atoms with E-state index >= 15 is 0 Å². The lowest BCUT2D eigenvalue weighted by molar-refractivity contribution is 0.557. The molecule has 20 heavy (non-hydrogen) atoms. The van der Waals surface area contributed by atoms with Crippen molar-refractivity contribution < 1.29 is 0 Å². The van der Waals surface area contributed by atoms with Gasteiger partial charge in [-0.05, 0) is 23.7 Å². The monoisotopic (exact) mass is 286 g/mol. The standard InChI is InChI=1S/C13H11ClN6/c14-13-16-10-4-2-1-3-9(10)12(17-13)19-5-6-20-8-15-18-11(20)7-19/h1-4,8H,5-7H2. The third kappa shape index (κ3) is 1.80. The molecule has 4 rings (SSSR count). The normalized spacial score (nSPS) is 14.6. The van der Waals surface area contributed by atoms with E-state index < -0.39 is 0 Å². The third-order valence-corrected chi connectivity index (χ3v) is 3.66. The molecule has 100 valence electrons. The molecule has 2 aromatic heterocycles. The molecule has 0 aliphatic carbocycles. The minimum atomic E-state index is 0.269. The largest absolute Gasteiger partial charge is 0.347 e. The Bertz CT molecular complexity index is 783. The zero-order chi connectivity index (χ0) is 13.5. The first-order valence-electron chi connectivity index (χ1n) is 6.35. The Labute approximate surface area is 120 Å². The fourth-order valence-electron chi connectivity index (χ4n) is 2.52. The van der Waals surface area contributed by atoms with Gasteiger partial charge in [0.2, 0.25) is 5.28 Å². The number of fused-ring (bicyclic) bond motifs is 2. The van der Waals surface area contributed by atoms with Gasteiger partial charge in [0.25, 0.3) is 0 Å². The van der Waals surface area contributed by atoms with Crippen molar-refractivity contribution in [2.45, 2.75) is 13.1 Å². The molecule has 0 spiro atoms. The van der Waals surface area contributed by atoms with Gasteiger partial charge in [0.1, 0.15) is 12.1 Å². The van der Waals surface area contributed by atoms with Crippen molar-refractivity contribution in [1.29, 1.82) is 0 Å². The topological polar surface area (TPSA) is 59.7 Å². The van der Waals surface area contributed by atoms with Crippen LogP contribution in [-0.2, 0) is 13.1 Å². The van der Waals surface area contributed by atoms with Crippen LogP contribution in [0.1, 0.15) is 5.82 Å². The van der Waals surface area contributed by atoms with E-state index in [-0.39, 0.29) is 5.28 Å². The molecule has 0 saturated heterocycles. The predicted molar refractivity (Wildman–Crippen MR) is 75.6 cm³/mol. The SMILES string of the molecule is Clc1nc(N2CCn3cnnc3C2)c2ccccc2n1. The van der Waals surface area contributed by atoms with Gasteiger partial charge >= 0.3 is 0 Å². The molecule has 0 radical (unpaired) electrons. The smallest absolute Gasteiger partial charge is 0.224 e. The number of hydrogen-bond acceptors (Lipinski definition) is 5. The molecular formula is C13H11ClN6. The fraction of sp³-hybridized carbons (Fsp3) is 0.231. The highest BCUT2D eigenvalue weighted by molar-refractivity contribution is 6.28. The minimum absolute atomic E-state index is 0.269. The molecule has 7 heteroatoms. The van der Waals surface area contributed by atoms with Crippen LogP contribution in [0.25, 0.3) is 10.9 Å². The summed E-state index contributed by atoms with van der Waals surface area (Å²) in [6, 6.07) is 7.89. The Kier molecular flexibility index (Phi) is 2.56. The Hall–Kier alpha value is -2.21. The average molecular weight is 287 g/mol. The van der Waals surface area contributed by atoms with Gasteiger partial charge in [-0.25, -0.2) is 4.98 Å². The van der Waals surface area contributed by atoms with Crippen molar-refractivity contribution in [2.24, 2.45) is 0 Å². The molecule has 3 heterocycles. The molecule has 0 unspecified atom stereocenters. The number of hydrogen-bond donors (Lipinski definition) is 0. The van der Waals surface area contributed by atoms with Crippen molar-refractivity contribution in [3.63, 3.8) is 0 Å². The number of nitrogens with zero attached hydrogens (tertiary/aromatic N) is 6. The molecule has 1 aromatic carbocycles. The lowest BCUT2D eigenvalue weighted by Crippen LogP contribution is -2.34. The van der Waals surface area contributed by atoms with E-state index in [4.69, 9.17) is 11.6 Å². The molecule has 0 fully saturated rings. The van der Waals surface area contributed by atoms with Crippen LogP contribution in [0.3, 0.4) is 0 Å². The summed E-state index contributed by atoms with van der Waals surface area (Å²) in [5.41, 5.74) is 0.856. The first-order valence-corrected chi connectivity index (χ1v) is 6.73. The second kappa shape index (κ2) is 4.42. The minimum Gasteiger partial charge on any atom is -0.347 e. The molecular weight excluding hydrogens is 276 g/mol. The van der Waals surface area contributed by atoms with Crippen molar-refractivity contribution in [3.05, 3.63) is 41.7 Å². The van der Waals surface area contributed by atoms with Crippen LogP contribution >= 0.6 is 11.6 Å². The third-order valence-electron chi connectivity index (χ3n) is 3.49. The Morgan fingerprint density at radius 1 is 1.10 bits per heavy atom. The fourth-order valence-corrected chi connectivity index (χ4v) is 2.69. The van der Waals surface area contributed by atoms with Crippen LogP contribution in [0, 0.1) is 0 Å². The predicted octanol–water partition coefficient (Wildman–Crippen LogP) is 1.89. The van der Waals surface area contributed by atoms with Gasteiger partial charge in [-0.15, -0.1) is 10.2 Å². The molecule has 6 nitrogen and oxygen atoms in total. The Morgan fingerprint density at radius 3 is 2.95 bits per heavy atom. The second-order valence-corrected chi connectivity index (χ2v) is 5.03. The zero-order valence-corrected chi connectivity index (χ0v) is 11.3. The first-order chi connectivity index (χ1) is 9.81. The second-order valence-electron chi connectivity index (χ2n) is 4.70. The summed E-state index contributed by atoms with van der Waals surface area (Å²) in [5, 5.41) is 9.34. The summed E-state index contributed by atoms with van der Waals surface area (Å²) in [6.07, 6.45) is 1.76. The van der Waals surface area contributed by atoms with Gasteiger partial charge in [-0.2, -0.15) is 4.98 Å². The van der Waals surface area contributed by atoms with Gasteiger partial charge in [0, 0.05) is 18.5 Å². The highest BCUT2D eigenvalue weighted by Gasteiger charge is 2.21. The lowest BCUT2D eigenvalue weighted by atomic mass is 10.2. The van der Waals surface area contributed by atoms with Crippen LogP contribution in [0.5, 0.6) is 0 Å². The molecule has 0 atom stereocenters. The maximum Gasteiger partial charge on any atom is 0.224 e. The molecule has 0 N–H and O–H groups in total. The lowest BCUT2D eigenvalue weighted by Gasteiger charge is -2.28. The van der Waals surface area contributed by atoms with E-state index in [0.29, 0.717) is 6.54 Å². The molecule has 0 bridgehead atoms. The number of aromatic nitrogens is 5. The van der Waals surface area contributed by atoms with Crippen molar-refractivity contribution in [2.75, 3.05) is 11.4 Å². The van der Waals surface area contributed by atoms with Crippen LogP contribution in [0.2, 0.25) is 5.28 Å². The summed E-state index contributed by atoms with van der Waals surface area (Å²) in [7, 11) is 0. The number of anilines is 1. The van der Waals surface area contributed by atoms with Crippen LogP contribution in [0.4, 0.5) is 5.82 Å². The van der Waals surface area contributed by atoms with E-state index in [9.17, 15) is 0 Å². The summed E-state index contributed by atoms with van der Waals surface area (Å²) in [6.45, 7) is 2.37. The van der Waals surface area contributed by atoms with E-state index in [2.05, 4.69) is 29.6 Å². The van der Waals surface area contributed by atoms with Gasteiger partial charge in [-0.1, -0.05) is 12.1 Å². The molecule has 0 saturated carbocycles.